The fraction of sp³-hybridized carbons (Fsp3) is 0.692. The van der Waals surface area contributed by atoms with Crippen LogP contribution in [0.5, 0.6) is 0 Å². The Kier molecular flexibility index (Phi) is 6.52. The molecule has 3 nitrogen and oxygen atoms in total. The third-order valence-electron chi connectivity index (χ3n) is 2.19. The molecule has 0 bridgehead atoms. The Morgan fingerprint density at radius 3 is 2.35 bits per heavy atom. The van der Waals surface area contributed by atoms with Crippen LogP contribution in [0.15, 0.2) is 12.4 Å². The maximum atomic E-state index is 4.38. The van der Waals surface area contributed by atoms with Gasteiger partial charge in [-0.25, -0.2) is 9.97 Å². The molecule has 0 unspecified atom stereocenters. The largest absolute Gasteiger partial charge is 0.312 e. The van der Waals surface area contributed by atoms with Gasteiger partial charge in [0.1, 0.15) is 5.82 Å². The van der Waals surface area contributed by atoms with Gasteiger partial charge in [-0.2, -0.15) is 11.8 Å². The lowest BCUT2D eigenvalue weighted by Crippen LogP contribution is -2.19. The molecule has 1 rings (SSSR count). The zero-order valence-corrected chi connectivity index (χ0v) is 12.0. The number of hydrogen-bond acceptors (Lipinski definition) is 4. The number of hydrogen-bond donors (Lipinski definition) is 1. The van der Waals surface area contributed by atoms with Gasteiger partial charge in [0.05, 0.1) is 5.75 Å². The van der Waals surface area contributed by atoms with Crippen molar-refractivity contribution in [1.29, 1.82) is 0 Å². The van der Waals surface area contributed by atoms with E-state index in [9.17, 15) is 0 Å². The van der Waals surface area contributed by atoms with Crippen LogP contribution in [0.25, 0.3) is 0 Å². The summed E-state index contributed by atoms with van der Waals surface area (Å²) in [6.45, 7) is 10.7. The molecule has 1 N–H and O–H groups in total. The summed E-state index contributed by atoms with van der Waals surface area (Å²) >= 11 is 1.87. The molecule has 0 saturated carbocycles. The van der Waals surface area contributed by atoms with E-state index in [1.165, 1.54) is 0 Å². The second-order valence-electron chi connectivity index (χ2n) is 4.89. The van der Waals surface area contributed by atoms with Gasteiger partial charge in [-0.3, -0.25) is 0 Å². The van der Waals surface area contributed by atoms with Crippen molar-refractivity contribution in [1.82, 2.24) is 15.3 Å². The Morgan fingerprint density at radius 2 is 1.82 bits per heavy atom. The summed E-state index contributed by atoms with van der Waals surface area (Å²) in [5, 5.41) is 4.02. The smallest absolute Gasteiger partial charge is 0.138 e. The van der Waals surface area contributed by atoms with E-state index >= 15 is 0 Å². The Balaban J connectivity index is 2.34. The van der Waals surface area contributed by atoms with E-state index in [-0.39, 0.29) is 0 Å². The van der Waals surface area contributed by atoms with Crippen molar-refractivity contribution >= 4 is 11.8 Å². The number of nitrogens with zero attached hydrogens (tertiary/aromatic N) is 2. The van der Waals surface area contributed by atoms with Crippen molar-refractivity contribution in [2.45, 2.75) is 45.2 Å². The molecule has 17 heavy (non-hydrogen) atoms. The van der Waals surface area contributed by atoms with Crippen LogP contribution in [-0.2, 0) is 12.3 Å². The van der Waals surface area contributed by atoms with Gasteiger partial charge >= 0.3 is 0 Å². The first-order valence-electron chi connectivity index (χ1n) is 6.20. The predicted molar refractivity (Wildman–Crippen MR) is 75.0 cm³/mol. The summed E-state index contributed by atoms with van der Waals surface area (Å²) in [7, 11) is 0. The van der Waals surface area contributed by atoms with Crippen molar-refractivity contribution in [2.24, 2.45) is 5.92 Å². The van der Waals surface area contributed by atoms with Crippen molar-refractivity contribution in [2.75, 3.05) is 6.54 Å². The van der Waals surface area contributed by atoms with E-state index in [2.05, 4.69) is 43.0 Å². The quantitative estimate of drug-likeness (QED) is 0.811. The highest BCUT2D eigenvalue weighted by molar-refractivity contribution is 7.99. The van der Waals surface area contributed by atoms with Crippen LogP contribution < -0.4 is 5.32 Å². The Hall–Kier alpha value is -0.610. The number of thioether (sulfide) groups is 1. The third kappa shape index (κ3) is 6.64. The number of nitrogens with one attached hydrogen (secondary N) is 1. The summed E-state index contributed by atoms with van der Waals surface area (Å²) < 4.78 is 0. The summed E-state index contributed by atoms with van der Waals surface area (Å²) in [5.41, 5.74) is 1.16. The highest BCUT2D eigenvalue weighted by Crippen LogP contribution is 2.13. The molecule has 0 aromatic carbocycles. The Bertz CT molecular complexity index is 309. The molecule has 0 saturated heterocycles. The van der Waals surface area contributed by atoms with Gasteiger partial charge in [-0.15, -0.1) is 0 Å². The van der Waals surface area contributed by atoms with Crippen LogP contribution in [0, 0.1) is 5.92 Å². The highest BCUT2D eigenvalue weighted by Gasteiger charge is 2.01. The Labute approximate surface area is 109 Å². The first-order valence-corrected chi connectivity index (χ1v) is 7.25. The summed E-state index contributed by atoms with van der Waals surface area (Å²) in [6.07, 6.45) is 3.85. The van der Waals surface area contributed by atoms with Crippen LogP contribution in [-0.4, -0.2) is 21.8 Å². The SMILES string of the molecule is CC(C)CNCc1cnc(CSC(C)C)nc1. The van der Waals surface area contributed by atoms with Crippen molar-refractivity contribution in [3.63, 3.8) is 0 Å². The molecule has 1 aromatic rings. The Morgan fingerprint density at radius 1 is 1.18 bits per heavy atom. The molecule has 0 fully saturated rings. The van der Waals surface area contributed by atoms with E-state index < -0.39 is 0 Å². The monoisotopic (exact) mass is 253 g/mol. The molecule has 4 heteroatoms. The molecular formula is C13H23N3S. The topological polar surface area (TPSA) is 37.8 Å². The fourth-order valence-corrected chi connectivity index (χ4v) is 1.93. The molecule has 0 radical (unpaired) electrons. The van der Waals surface area contributed by atoms with E-state index in [4.69, 9.17) is 0 Å². The van der Waals surface area contributed by atoms with Gasteiger partial charge in [0.25, 0.3) is 0 Å². The van der Waals surface area contributed by atoms with Gasteiger partial charge in [0, 0.05) is 24.5 Å². The molecule has 0 aliphatic carbocycles. The molecule has 0 amide bonds. The average Bonchev–Trinajstić information content (AvgIpc) is 2.27. The zero-order valence-electron chi connectivity index (χ0n) is 11.2. The van der Waals surface area contributed by atoms with E-state index in [0.717, 1.165) is 30.2 Å². The minimum Gasteiger partial charge on any atom is -0.312 e. The van der Waals surface area contributed by atoms with Gasteiger partial charge in [0.2, 0.25) is 0 Å². The van der Waals surface area contributed by atoms with Gasteiger partial charge in [0.15, 0.2) is 0 Å². The molecular weight excluding hydrogens is 230 g/mol. The first kappa shape index (κ1) is 14.5. The minimum absolute atomic E-state index is 0.631. The third-order valence-corrected chi connectivity index (χ3v) is 3.28. The maximum absolute atomic E-state index is 4.38. The molecule has 0 atom stereocenters. The molecule has 0 aliphatic heterocycles. The maximum Gasteiger partial charge on any atom is 0.138 e. The second-order valence-corrected chi connectivity index (χ2v) is 6.46. The average molecular weight is 253 g/mol. The van der Waals surface area contributed by atoms with Crippen LogP contribution in [0.3, 0.4) is 0 Å². The van der Waals surface area contributed by atoms with Crippen LogP contribution in [0.1, 0.15) is 39.1 Å². The van der Waals surface area contributed by atoms with Crippen LogP contribution in [0.4, 0.5) is 0 Å². The standard InChI is InChI=1S/C13H23N3S/c1-10(2)5-14-6-12-7-15-13(16-8-12)9-17-11(3)4/h7-8,10-11,14H,5-6,9H2,1-4H3. The van der Waals surface area contributed by atoms with E-state index in [1.54, 1.807) is 0 Å². The van der Waals surface area contributed by atoms with Gasteiger partial charge in [-0.05, 0) is 17.7 Å². The number of rotatable bonds is 7. The first-order chi connectivity index (χ1) is 8.08. The lowest BCUT2D eigenvalue weighted by molar-refractivity contribution is 0.551. The molecule has 1 heterocycles. The normalized spacial score (nSPS) is 11.4. The van der Waals surface area contributed by atoms with E-state index in [0.29, 0.717) is 11.2 Å². The van der Waals surface area contributed by atoms with Gasteiger partial charge < -0.3 is 5.32 Å². The van der Waals surface area contributed by atoms with Crippen LogP contribution in [0.2, 0.25) is 0 Å². The summed E-state index contributed by atoms with van der Waals surface area (Å²) in [6, 6.07) is 0. The molecule has 96 valence electrons. The fourth-order valence-electron chi connectivity index (χ4n) is 1.29. The van der Waals surface area contributed by atoms with Crippen molar-refractivity contribution in [3.8, 4) is 0 Å². The minimum atomic E-state index is 0.631. The lowest BCUT2D eigenvalue weighted by atomic mass is 10.2. The predicted octanol–water partition coefficient (Wildman–Crippen LogP) is 2.86. The van der Waals surface area contributed by atoms with Gasteiger partial charge in [-0.1, -0.05) is 27.7 Å². The van der Waals surface area contributed by atoms with Crippen molar-refractivity contribution in [3.05, 3.63) is 23.8 Å². The summed E-state index contributed by atoms with van der Waals surface area (Å²) in [4.78, 5) is 8.75. The van der Waals surface area contributed by atoms with Crippen LogP contribution >= 0.6 is 11.8 Å². The second kappa shape index (κ2) is 7.67. The molecule has 1 aromatic heterocycles. The molecule has 0 aliphatic rings. The van der Waals surface area contributed by atoms with E-state index in [1.807, 2.05) is 24.2 Å². The summed E-state index contributed by atoms with van der Waals surface area (Å²) in [5.74, 6) is 2.51. The lowest BCUT2D eigenvalue weighted by Gasteiger charge is -2.07. The zero-order chi connectivity index (χ0) is 12.7. The highest BCUT2D eigenvalue weighted by atomic mass is 32.2. The number of aromatic nitrogens is 2. The van der Waals surface area contributed by atoms with Crippen molar-refractivity contribution < 1.29 is 0 Å². The molecule has 0 spiro atoms.